The molecule has 0 aromatic heterocycles. The number of carbonyl (C=O) groups is 1. The summed E-state index contributed by atoms with van der Waals surface area (Å²) in [5.74, 6) is -0.625. The van der Waals surface area contributed by atoms with Gasteiger partial charge in [-0.05, 0) is 35.7 Å². The van der Waals surface area contributed by atoms with E-state index >= 15 is 0 Å². The highest BCUT2D eigenvalue weighted by atomic mass is 19.1. The predicted molar refractivity (Wildman–Crippen MR) is 94.8 cm³/mol. The molecule has 0 saturated carbocycles. The molecule has 0 spiro atoms. The second kappa shape index (κ2) is 8.23. The summed E-state index contributed by atoms with van der Waals surface area (Å²) in [6.45, 7) is 6.31. The number of nitrogens with zero attached hydrogens (tertiary/aromatic N) is 1. The van der Waals surface area contributed by atoms with E-state index < -0.39 is 0 Å². The quantitative estimate of drug-likeness (QED) is 0.908. The molecule has 1 fully saturated rings. The van der Waals surface area contributed by atoms with E-state index in [-0.39, 0.29) is 11.7 Å². The molecule has 1 amide bonds. The zero-order chi connectivity index (χ0) is 17.6. The summed E-state index contributed by atoms with van der Waals surface area (Å²) in [4.78, 5) is 14.6. The zero-order valence-corrected chi connectivity index (χ0v) is 14.4. The van der Waals surface area contributed by atoms with E-state index in [9.17, 15) is 9.18 Å². The zero-order valence-electron chi connectivity index (χ0n) is 14.4. The second-order valence-corrected chi connectivity index (χ2v) is 6.30. The van der Waals surface area contributed by atoms with Gasteiger partial charge in [0, 0.05) is 31.7 Å². The van der Waals surface area contributed by atoms with Crippen molar-refractivity contribution in [1.29, 1.82) is 0 Å². The molecule has 4 nitrogen and oxygen atoms in total. The van der Waals surface area contributed by atoms with Crippen LogP contribution in [0.4, 0.5) is 4.39 Å². The molecule has 1 N–H and O–H groups in total. The highest BCUT2D eigenvalue weighted by molar-refractivity contribution is 5.94. The normalized spacial score (nSPS) is 15.1. The summed E-state index contributed by atoms with van der Waals surface area (Å²) in [5.41, 5.74) is 3.15. The van der Waals surface area contributed by atoms with Crippen LogP contribution in [0.3, 0.4) is 0 Å². The van der Waals surface area contributed by atoms with E-state index in [1.54, 1.807) is 19.1 Å². The van der Waals surface area contributed by atoms with Crippen LogP contribution in [-0.4, -0.2) is 37.1 Å². The van der Waals surface area contributed by atoms with Crippen LogP contribution in [0.2, 0.25) is 0 Å². The van der Waals surface area contributed by atoms with Crippen molar-refractivity contribution < 1.29 is 13.9 Å². The number of halogens is 1. The molecule has 5 heteroatoms. The minimum Gasteiger partial charge on any atom is -0.379 e. The molecule has 2 aromatic rings. The third-order valence-electron chi connectivity index (χ3n) is 4.49. The fraction of sp³-hybridized carbons (Fsp3) is 0.350. The van der Waals surface area contributed by atoms with Crippen LogP contribution in [0.1, 0.15) is 27.0 Å². The number of carbonyl (C=O) groups excluding carboxylic acids is 1. The molecule has 1 aliphatic rings. The Morgan fingerprint density at radius 1 is 1.16 bits per heavy atom. The van der Waals surface area contributed by atoms with Crippen LogP contribution in [0.25, 0.3) is 0 Å². The smallest absolute Gasteiger partial charge is 0.251 e. The Bertz CT molecular complexity index is 742. The maximum Gasteiger partial charge on any atom is 0.251 e. The van der Waals surface area contributed by atoms with Gasteiger partial charge in [-0.1, -0.05) is 30.3 Å². The predicted octanol–water partition coefficient (Wildman–Crippen LogP) is 2.90. The van der Waals surface area contributed by atoms with Gasteiger partial charge in [-0.2, -0.15) is 0 Å². The van der Waals surface area contributed by atoms with Gasteiger partial charge in [0.05, 0.1) is 13.2 Å². The van der Waals surface area contributed by atoms with Crippen LogP contribution >= 0.6 is 0 Å². The van der Waals surface area contributed by atoms with E-state index in [2.05, 4.69) is 16.3 Å². The van der Waals surface area contributed by atoms with Crippen molar-refractivity contribution in [2.24, 2.45) is 0 Å². The van der Waals surface area contributed by atoms with Gasteiger partial charge in [-0.25, -0.2) is 4.39 Å². The van der Waals surface area contributed by atoms with Crippen molar-refractivity contribution in [2.75, 3.05) is 26.3 Å². The third-order valence-corrected chi connectivity index (χ3v) is 4.49. The van der Waals surface area contributed by atoms with Gasteiger partial charge in [0.2, 0.25) is 0 Å². The minimum absolute atomic E-state index is 0.264. The monoisotopic (exact) mass is 342 g/mol. The molecule has 0 atom stereocenters. The van der Waals surface area contributed by atoms with Crippen molar-refractivity contribution in [3.8, 4) is 0 Å². The number of amides is 1. The van der Waals surface area contributed by atoms with Gasteiger partial charge >= 0.3 is 0 Å². The standard InChI is InChI=1S/C20H23FN2O2/c1-15-6-7-16(12-19(15)21)20(24)22-13-17-4-2-3-5-18(17)14-23-8-10-25-11-9-23/h2-7,12H,8-11,13-14H2,1H3,(H,22,24). The molecule has 1 aliphatic heterocycles. The number of hydrogen-bond donors (Lipinski definition) is 1. The number of ether oxygens (including phenoxy) is 1. The fourth-order valence-corrected chi connectivity index (χ4v) is 2.90. The molecule has 3 rings (SSSR count). The Morgan fingerprint density at radius 2 is 1.88 bits per heavy atom. The number of nitrogens with one attached hydrogen (secondary N) is 1. The molecule has 1 heterocycles. The molecule has 0 bridgehead atoms. The first-order chi connectivity index (χ1) is 12.1. The van der Waals surface area contributed by atoms with Gasteiger partial charge in [-0.3, -0.25) is 9.69 Å². The average molecular weight is 342 g/mol. The molecule has 25 heavy (non-hydrogen) atoms. The maximum atomic E-state index is 13.6. The Balaban J connectivity index is 1.64. The van der Waals surface area contributed by atoms with Crippen molar-refractivity contribution in [2.45, 2.75) is 20.0 Å². The Labute approximate surface area is 147 Å². The lowest BCUT2D eigenvalue weighted by molar-refractivity contribution is 0.0340. The van der Waals surface area contributed by atoms with Gasteiger partial charge in [-0.15, -0.1) is 0 Å². The van der Waals surface area contributed by atoms with Crippen molar-refractivity contribution in [1.82, 2.24) is 10.2 Å². The first-order valence-corrected chi connectivity index (χ1v) is 8.55. The van der Waals surface area contributed by atoms with Gasteiger partial charge in [0.1, 0.15) is 5.82 Å². The third kappa shape index (κ3) is 4.65. The van der Waals surface area contributed by atoms with Crippen LogP contribution in [0.5, 0.6) is 0 Å². The van der Waals surface area contributed by atoms with E-state index in [1.165, 1.54) is 11.6 Å². The molecule has 132 valence electrons. The summed E-state index contributed by atoms with van der Waals surface area (Å²) in [5, 5.41) is 2.89. The SMILES string of the molecule is Cc1ccc(C(=O)NCc2ccccc2CN2CCOCC2)cc1F. The molecular formula is C20H23FN2O2. The summed E-state index contributed by atoms with van der Waals surface area (Å²) >= 11 is 0. The van der Waals surface area contributed by atoms with Gasteiger partial charge in [0.25, 0.3) is 5.91 Å². The molecular weight excluding hydrogens is 319 g/mol. The number of morpholine rings is 1. The molecule has 1 saturated heterocycles. The van der Waals surface area contributed by atoms with E-state index in [0.29, 0.717) is 17.7 Å². The summed E-state index contributed by atoms with van der Waals surface area (Å²) < 4.78 is 19.0. The molecule has 0 radical (unpaired) electrons. The molecule has 2 aromatic carbocycles. The lowest BCUT2D eigenvalue weighted by Crippen LogP contribution is -2.36. The van der Waals surface area contributed by atoms with Crippen LogP contribution in [0.15, 0.2) is 42.5 Å². The summed E-state index contributed by atoms with van der Waals surface area (Å²) in [7, 11) is 0. The van der Waals surface area contributed by atoms with Crippen LogP contribution < -0.4 is 5.32 Å². The summed E-state index contributed by atoms with van der Waals surface area (Å²) in [6.07, 6.45) is 0. The topological polar surface area (TPSA) is 41.6 Å². The fourth-order valence-electron chi connectivity index (χ4n) is 2.90. The Kier molecular flexibility index (Phi) is 5.79. The Morgan fingerprint density at radius 3 is 2.60 bits per heavy atom. The van der Waals surface area contributed by atoms with Gasteiger partial charge < -0.3 is 10.1 Å². The van der Waals surface area contributed by atoms with Crippen LogP contribution in [0, 0.1) is 12.7 Å². The van der Waals surface area contributed by atoms with E-state index in [0.717, 1.165) is 38.4 Å². The van der Waals surface area contributed by atoms with Crippen molar-refractivity contribution in [3.63, 3.8) is 0 Å². The average Bonchev–Trinajstić information content (AvgIpc) is 2.64. The molecule has 0 unspecified atom stereocenters. The maximum absolute atomic E-state index is 13.6. The largest absolute Gasteiger partial charge is 0.379 e. The van der Waals surface area contributed by atoms with E-state index in [1.807, 2.05) is 18.2 Å². The van der Waals surface area contributed by atoms with Gasteiger partial charge in [0.15, 0.2) is 0 Å². The minimum atomic E-state index is -0.361. The highest BCUT2D eigenvalue weighted by Gasteiger charge is 2.13. The lowest BCUT2D eigenvalue weighted by Gasteiger charge is -2.27. The van der Waals surface area contributed by atoms with Crippen molar-refractivity contribution in [3.05, 3.63) is 70.5 Å². The van der Waals surface area contributed by atoms with E-state index in [4.69, 9.17) is 4.74 Å². The number of aryl methyl sites for hydroxylation is 1. The Hall–Kier alpha value is -2.24. The second-order valence-electron chi connectivity index (χ2n) is 6.30. The van der Waals surface area contributed by atoms with Crippen molar-refractivity contribution >= 4 is 5.91 Å². The summed E-state index contributed by atoms with van der Waals surface area (Å²) in [6, 6.07) is 12.6. The number of hydrogen-bond acceptors (Lipinski definition) is 3. The highest BCUT2D eigenvalue weighted by Crippen LogP contribution is 2.14. The van der Waals surface area contributed by atoms with Crippen LogP contribution in [-0.2, 0) is 17.8 Å². The molecule has 0 aliphatic carbocycles. The first-order valence-electron chi connectivity index (χ1n) is 8.55. The number of benzene rings is 2. The first kappa shape index (κ1) is 17.6. The lowest BCUT2D eigenvalue weighted by atomic mass is 10.1. The number of rotatable bonds is 5.